The van der Waals surface area contributed by atoms with E-state index in [-0.39, 0.29) is 11.9 Å². The molecular weight excluding hydrogens is 340 g/mol. The second kappa shape index (κ2) is 10.1. The molecule has 6 nitrogen and oxygen atoms in total. The smallest absolute Gasteiger partial charge is 0.222 e. The molecule has 25 heavy (non-hydrogen) atoms. The largest absolute Gasteiger partial charge is 0.492 e. The van der Waals surface area contributed by atoms with Crippen LogP contribution in [0, 0.1) is 0 Å². The Morgan fingerprint density at radius 1 is 1.36 bits per heavy atom. The quantitative estimate of drug-likeness (QED) is 0.441. The summed E-state index contributed by atoms with van der Waals surface area (Å²) in [6.45, 7) is 7.29. The Hall–Kier alpha value is -1.95. The van der Waals surface area contributed by atoms with E-state index in [9.17, 15) is 4.79 Å². The molecule has 0 radical (unpaired) electrons. The molecule has 2 N–H and O–H groups in total. The van der Waals surface area contributed by atoms with Gasteiger partial charge in [0.15, 0.2) is 5.96 Å². The summed E-state index contributed by atoms with van der Waals surface area (Å²) in [5.74, 6) is 1.75. The number of carbonyl (C=O) groups excluding carboxylic acids is 1. The lowest BCUT2D eigenvalue weighted by atomic mass is 10.3. The van der Waals surface area contributed by atoms with Crippen molar-refractivity contribution in [3.05, 3.63) is 29.3 Å². The van der Waals surface area contributed by atoms with Gasteiger partial charge in [-0.3, -0.25) is 4.79 Å². The highest BCUT2D eigenvalue weighted by atomic mass is 35.5. The van der Waals surface area contributed by atoms with Crippen molar-refractivity contribution in [2.24, 2.45) is 4.99 Å². The van der Waals surface area contributed by atoms with E-state index in [0.717, 1.165) is 37.8 Å². The molecule has 1 fully saturated rings. The van der Waals surface area contributed by atoms with E-state index in [4.69, 9.17) is 16.3 Å². The third kappa shape index (κ3) is 6.46. The summed E-state index contributed by atoms with van der Waals surface area (Å²) in [6, 6.07) is 7.52. The summed E-state index contributed by atoms with van der Waals surface area (Å²) in [6.07, 6.45) is 1.50. The molecule has 0 spiro atoms. The minimum absolute atomic E-state index is 0.211. The fourth-order valence-electron chi connectivity index (χ4n) is 2.69. The molecule has 1 aliphatic rings. The van der Waals surface area contributed by atoms with Crippen molar-refractivity contribution in [2.45, 2.75) is 32.7 Å². The summed E-state index contributed by atoms with van der Waals surface area (Å²) < 4.78 is 5.65. The van der Waals surface area contributed by atoms with Crippen LogP contribution in [-0.2, 0) is 4.79 Å². The summed E-state index contributed by atoms with van der Waals surface area (Å²) in [7, 11) is 0. The molecule has 1 atom stereocenters. The monoisotopic (exact) mass is 366 g/mol. The number of benzene rings is 1. The topological polar surface area (TPSA) is 66.0 Å². The maximum absolute atomic E-state index is 11.8. The van der Waals surface area contributed by atoms with Crippen molar-refractivity contribution in [3.63, 3.8) is 0 Å². The molecule has 1 saturated heterocycles. The van der Waals surface area contributed by atoms with Gasteiger partial charge in [0.1, 0.15) is 12.4 Å². The molecule has 1 unspecified atom stereocenters. The molecule has 0 aliphatic carbocycles. The van der Waals surface area contributed by atoms with Crippen molar-refractivity contribution in [3.8, 4) is 5.75 Å². The van der Waals surface area contributed by atoms with Gasteiger partial charge in [0.05, 0.1) is 6.54 Å². The molecule has 1 aliphatic heterocycles. The first-order valence-corrected chi connectivity index (χ1v) is 9.21. The van der Waals surface area contributed by atoms with Crippen LogP contribution in [-0.4, -0.2) is 55.6 Å². The van der Waals surface area contributed by atoms with Crippen LogP contribution in [0.5, 0.6) is 5.75 Å². The van der Waals surface area contributed by atoms with E-state index in [0.29, 0.717) is 24.6 Å². The molecule has 7 heteroatoms. The number of aliphatic imine (C=N–C) groups is 1. The third-order valence-corrected chi connectivity index (χ3v) is 4.22. The number of hydrogen-bond acceptors (Lipinski definition) is 3. The third-order valence-electron chi connectivity index (χ3n) is 3.97. The van der Waals surface area contributed by atoms with Crippen LogP contribution >= 0.6 is 11.6 Å². The van der Waals surface area contributed by atoms with Crippen molar-refractivity contribution in [1.82, 2.24) is 15.5 Å². The Kier molecular flexibility index (Phi) is 7.85. The molecule has 0 bridgehead atoms. The lowest BCUT2D eigenvalue weighted by Crippen LogP contribution is -2.45. The fourth-order valence-corrected chi connectivity index (χ4v) is 2.82. The molecule has 138 valence electrons. The predicted octanol–water partition coefficient (Wildman–Crippen LogP) is 2.28. The Balaban J connectivity index is 1.78. The van der Waals surface area contributed by atoms with Crippen LogP contribution in [0.1, 0.15) is 26.7 Å². The molecule has 1 amide bonds. The van der Waals surface area contributed by atoms with E-state index in [1.165, 1.54) is 0 Å². The number of guanidine groups is 1. The molecular formula is C18H27ClN4O2. The molecule has 0 saturated carbocycles. The maximum atomic E-state index is 11.8. The van der Waals surface area contributed by atoms with E-state index < -0.39 is 0 Å². The van der Waals surface area contributed by atoms with Crippen LogP contribution in [0.3, 0.4) is 0 Å². The first kappa shape index (κ1) is 19.4. The Bertz CT molecular complexity index is 577. The number of likely N-dealkylation sites (tertiary alicyclic amines) is 1. The SMILES string of the molecule is CCNC(=NCCOc1ccc(Cl)cc1)NC1CCN(C(=O)CC)C1. The van der Waals surface area contributed by atoms with E-state index in [1.807, 2.05) is 30.9 Å². The second-order valence-corrected chi connectivity index (χ2v) is 6.32. The van der Waals surface area contributed by atoms with Gasteiger partial charge in [0, 0.05) is 37.1 Å². The zero-order chi connectivity index (χ0) is 18.1. The zero-order valence-corrected chi connectivity index (χ0v) is 15.7. The van der Waals surface area contributed by atoms with Crippen LogP contribution < -0.4 is 15.4 Å². The van der Waals surface area contributed by atoms with Gasteiger partial charge in [-0.1, -0.05) is 18.5 Å². The van der Waals surface area contributed by atoms with Gasteiger partial charge in [-0.25, -0.2) is 4.99 Å². The van der Waals surface area contributed by atoms with Gasteiger partial charge in [0.25, 0.3) is 0 Å². The highest BCUT2D eigenvalue weighted by Crippen LogP contribution is 2.15. The minimum atomic E-state index is 0.211. The Labute approximate surface area is 154 Å². The van der Waals surface area contributed by atoms with Crippen molar-refractivity contribution in [2.75, 3.05) is 32.8 Å². The van der Waals surface area contributed by atoms with Gasteiger partial charge in [-0.05, 0) is 37.6 Å². The summed E-state index contributed by atoms with van der Waals surface area (Å²) >= 11 is 5.85. The van der Waals surface area contributed by atoms with E-state index in [1.54, 1.807) is 12.1 Å². The van der Waals surface area contributed by atoms with E-state index in [2.05, 4.69) is 15.6 Å². The number of rotatable bonds is 7. The van der Waals surface area contributed by atoms with Gasteiger partial charge in [0.2, 0.25) is 5.91 Å². The number of carbonyl (C=O) groups is 1. The molecule has 1 heterocycles. The lowest BCUT2D eigenvalue weighted by Gasteiger charge is -2.18. The molecule has 0 aromatic heterocycles. The lowest BCUT2D eigenvalue weighted by molar-refractivity contribution is -0.129. The predicted molar refractivity (Wildman–Crippen MR) is 101 cm³/mol. The van der Waals surface area contributed by atoms with E-state index >= 15 is 0 Å². The van der Waals surface area contributed by atoms with Crippen molar-refractivity contribution < 1.29 is 9.53 Å². The van der Waals surface area contributed by atoms with Crippen molar-refractivity contribution in [1.29, 1.82) is 0 Å². The van der Waals surface area contributed by atoms with Crippen LogP contribution in [0.15, 0.2) is 29.3 Å². The number of ether oxygens (including phenoxy) is 1. The first-order chi connectivity index (χ1) is 12.1. The normalized spacial score (nSPS) is 17.5. The van der Waals surface area contributed by atoms with Crippen LogP contribution in [0.2, 0.25) is 5.02 Å². The van der Waals surface area contributed by atoms with Crippen molar-refractivity contribution >= 4 is 23.5 Å². The maximum Gasteiger partial charge on any atom is 0.222 e. The molecule has 1 aromatic carbocycles. The highest BCUT2D eigenvalue weighted by Gasteiger charge is 2.25. The van der Waals surface area contributed by atoms with Gasteiger partial charge >= 0.3 is 0 Å². The summed E-state index contributed by atoms with van der Waals surface area (Å²) in [4.78, 5) is 18.2. The standard InChI is InChI=1S/C18H27ClN4O2/c1-3-17(24)23-11-9-15(13-23)22-18(20-4-2)21-10-12-25-16-7-5-14(19)6-8-16/h5-8,15H,3-4,9-13H2,1-2H3,(H2,20,21,22). The van der Waals surface area contributed by atoms with Crippen LogP contribution in [0.4, 0.5) is 0 Å². The average Bonchev–Trinajstić information content (AvgIpc) is 3.08. The number of nitrogens with zero attached hydrogens (tertiary/aromatic N) is 2. The van der Waals surface area contributed by atoms with Gasteiger partial charge < -0.3 is 20.3 Å². The summed E-state index contributed by atoms with van der Waals surface area (Å²) in [5, 5.41) is 7.33. The minimum Gasteiger partial charge on any atom is -0.492 e. The first-order valence-electron chi connectivity index (χ1n) is 8.83. The van der Waals surface area contributed by atoms with Gasteiger partial charge in [-0.2, -0.15) is 0 Å². The molecule has 2 rings (SSSR count). The van der Waals surface area contributed by atoms with Crippen LogP contribution in [0.25, 0.3) is 0 Å². The molecule has 1 aromatic rings. The Morgan fingerprint density at radius 2 is 2.12 bits per heavy atom. The second-order valence-electron chi connectivity index (χ2n) is 5.89. The number of nitrogens with one attached hydrogen (secondary N) is 2. The van der Waals surface area contributed by atoms with Gasteiger partial charge in [-0.15, -0.1) is 0 Å². The number of hydrogen-bond donors (Lipinski definition) is 2. The Morgan fingerprint density at radius 3 is 2.80 bits per heavy atom. The number of amides is 1. The zero-order valence-electron chi connectivity index (χ0n) is 14.9. The fraction of sp³-hybridized carbons (Fsp3) is 0.556. The number of halogens is 1. The summed E-state index contributed by atoms with van der Waals surface area (Å²) in [5.41, 5.74) is 0. The highest BCUT2D eigenvalue weighted by molar-refractivity contribution is 6.30. The average molecular weight is 367 g/mol.